The van der Waals surface area contributed by atoms with Gasteiger partial charge < -0.3 is 15.4 Å². The zero-order valence-corrected chi connectivity index (χ0v) is 16.3. The fourth-order valence-corrected chi connectivity index (χ4v) is 3.36. The number of carbonyl (C=O) groups excluding carboxylic acids is 3. The number of carbonyl (C=O) groups is 3. The van der Waals surface area contributed by atoms with Crippen molar-refractivity contribution in [3.63, 3.8) is 0 Å². The molecule has 1 fully saturated rings. The van der Waals surface area contributed by atoms with Crippen LogP contribution in [0.2, 0.25) is 0 Å². The molecule has 0 heterocycles. The Labute approximate surface area is 161 Å². The van der Waals surface area contributed by atoms with Crippen LogP contribution in [0.1, 0.15) is 62.7 Å². The predicted molar refractivity (Wildman–Crippen MR) is 104 cm³/mol. The van der Waals surface area contributed by atoms with E-state index in [1.165, 1.54) is 0 Å². The lowest BCUT2D eigenvalue weighted by molar-refractivity contribution is -0.128. The van der Waals surface area contributed by atoms with E-state index >= 15 is 0 Å². The molecule has 0 spiro atoms. The Hall–Kier alpha value is -2.37. The Morgan fingerprint density at radius 2 is 1.63 bits per heavy atom. The summed E-state index contributed by atoms with van der Waals surface area (Å²) >= 11 is 0. The summed E-state index contributed by atoms with van der Waals surface area (Å²) in [5.41, 5.74) is 0.831. The predicted octanol–water partition coefficient (Wildman–Crippen LogP) is 3.52. The molecule has 0 bridgehead atoms. The molecule has 0 saturated heterocycles. The summed E-state index contributed by atoms with van der Waals surface area (Å²) in [5.74, 6) is -0.579. The normalized spacial score (nSPS) is 19.2. The summed E-state index contributed by atoms with van der Waals surface area (Å²) in [6, 6.07) is 6.86. The van der Waals surface area contributed by atoms with Gasteiger partial charge in [0.2, 0.25) is 11.8 Å². The Bertz CT molecular complexity index is 651. The van der Waals surface area contributed by atoms with Crippen molar-refractivity contribution >= 4 is 23.5 Å². The number of esters is 1. The number of anilines is 1. The van der Waals surface area contributed by atoms with Gasteiger partial charge in [0.25, 0.3) is 0 Å². The quantitative estimate of drug-likeness (QED) is 0.538. The molecule has 1 aliphatic carbocycles. The molecule has 0 radical (unpaired) electrons. The van der Waals surface area contributed by atoms with Crippen LogP contribution in [0, 0.1) is 11.8 Å². The maximum Gasteiger partial charge on any atom is 0.340 e. The van der Waals surface area contributed by atoms with E-state index < -0.39 is 5.97 Å². The van der Waals surface area contributed by atoms with Gasteiger partial charge in [-0.05, 0) is 51.2 Å². The minimum absolute atomic E-state index is 0.00211. The number of ether oxygens (including phenoxy) is 1. The van der Waals surface area contributed by atoms with Crippen LogP contribution < -0.4 is 10.6 Å². The molecule has 0 atom stereocenters. The first-order chi connectivity index (χ1) is 13.1. The van der Waals surface area contributed by atoms with Crippen LogP contribution in [0.3, 0.4) is 0 Å². The van der Waals surface area contributed by atoms with Crippen molar-refractivity contribution in [3.05, 3.63) is 29.8 Å². The van der Waals surface area contributed by atoms with Crippen molar-refractivity contribution in [2.75, 3.05) is 18.5 Å². The molecule has 1 aliphatic rings. The molecule has 1 aromatic rings. The summed E-state index contributed by atoms with van der Waals surface area (Å²) in [6.45, 7) is 4.85. The standard InChI is InChI=1S/C21H30N2O4/c1-3-5-14-22-19(24)15-10-12-16(13-11-15)20(25)23-18-9-7-6-8-17(18)21(26)27-4-2/h6-9,15-16H,3-5,10-14H2,1-2H3,(H,22,24)(H,23,25). The third-order valence-electron chi connectivity index (χ3n) is 4.98. The van der Waals surface area contributed by atoms with E-state index in [2.05, 4.69) is 17.6 Å². The summed E-state index contributed by atoms with van der Waals surface area (Å²) in [5, 5.41) is 5.84. The fraction of sp³-hybridized carbons (Fsp3) is 0.571. The first kappa shape index (κ1) is 20.9. The zero-order valence-electron chi connectivity index (χ0n) is 16.3. The first-order valence-electron chi connectivity index (χ1n) is 9.91. The van der Waals surface area contributed by atoms with E-state index in [-0.39, 0.29) is 30.3 Å². The average Bonchev–Trinajstić information content (AvgIpc) is 2.68. The molecule has 6 heteroatoms. The monoisotopic (exact) mass is 374 g/mol. The fourth-order valence-electron chi connectivity index (χ4n) is 3.36. The Morgan fingerprint density at radius 1 is 1.00 bits per heavy atom. The highest BCUT2D eigenvalue weighted by molar-refractivity contribution is 6.01. The largest absolute Gasteiger partial charge is 0.462 e. The molecule has 6 nitrogen and oxygen atoms in total. The SMILES string of the molecule is CCCCNC(=O)C1CCC(C(=O)Nc2ccccc2C(=O)OCC)CC1. The van der Waals surface area contributed by atoms with Crippen LogP contribution in [0.25, 0.3) is 0 Å². The van der Waals surface area contributed by atoms with E-state index in [0.717, 1.165) is 32.2 Å². The van der Waals surface area contributed by atoms with E-state index in [9.17, 15) is 14.4 Å². The van der Waals surface area contributed by atoms with Crippen LogP contribution in [-0.2, 0) is 14.3 Å². The second-order valence-corrected chi connectivity index (χ2v) is 6.95. The number of hydrogen-bond acceptors (Lipinski definition) is 4. The van der Waals surface area contributed by atoms with Gasteiger partial charge in [0.1, 0.15) is 0 Å². The summed E-state index contributed by atoms with van der Waals surface area (Å²) in [7, 11) is 0. The molecule has 1 saturated carbocycles. The molecule has 0 aliphatic heterocycles. The van der Waals surface area contributed by atoms with Crippen molar-refractivity contribution in [1.29, 1.82) is 0 Å². The Kier molecular flexibility index (Phi) is 8.30. The van der Waals surface area contributed by atoms with Gasteiger partial charge in [-0.1, -0.05) is 25.5 Å². The highest BCUT2D eigenvalue weighted by Gasteiger charge is 2.30. The van der Waals surface area contributed by atoms with Gasteiger partial charge in [-0.3, -0.25) is 9.59 Å². The summed E-state index contributed by atoms with van der Waals surface area (Å²) in [4.78, 5) is 36.8. The molecule has 27 heavy (non-hydrogen) atoms. The maximum absolute atomic E-state index is 12.6. The van der Waals surface area contributed by atoms with Crippen LogP contribution >= 0.6 is 0 Å². The number of nitrogens with one attached hydrogen (secondary N) is 2. The van der Waals surface area contributed by atoms with Crippen LogP contribution in [0.5, 0.6) is 0 Å². The van der Waals surface area contributed by atoms with Crippen LogP contribution in [-0.4, -0.2) is 30.9 Å². The second kappa shape index (κ2) is 10.7. The number of para-hydroxylation sites is 1. The molecular weight excluding hydrogens is 344 g/mol. The lowest BCUT2D eigenvalue weighted by Crippen LogP contribution is -2.36. The Morgan fingerprint density at radius 3 is 2.26 bits per heavy atom. The number of unbranched alkanes of at least 4 members (excludes halogenated alkanes) is 1. The van der Waals surface area contributed by atoms with Crippen molar-refractivity contribution in [1.82, 2.24) is 5.32 Å². The second-order valence-electron chi connectivity index (χ2n) is 6.95. The van der Waals surface area contributed by atoms with Crippen molar-refractivity contribution in [2.45, 2.75) is 52.4 Å². The summed E-state index contributed by atoms with van der Waals surface area (Å²) in [6.07, 6.45) is 4.84. The summed E-state index contributed by atoms with van der Waals surface area (Å²) < 4.78 is 5.04. The number of benzene rings is 1. The van der Waals surface area contributed by atoms with Crippen molar-refractivity contribution in [3.8, 4) is 0 Å². The van der Waals surface area contributed by atoms with Gasteiger partial charge in [-0.25, -0.2) is 4.79 Å². The zero-order chi connectivity index (χ0) is 19.6. The lowest BCUT2D eigenvalue weighted by atomic mass is 9.81. The lowest BCUT2D eigenvalue weighted by Gasteiger charge is -2.27. The van der Waals surface area contributed by atoms with E-state index in [0.29, 0.717) is 24.1 Å². The molecule has 2 N–H and O–H groups in total. The number of rotatable bonds is 8. The first-order valence-corrected chi connectivity index (χ1v) is 9.91. The van der Waals surface area contributed by atoms with Gasteiger partial charge in [0.15, 0.2) is 0 Å². The van der Waals surface area contributed by atoms with Gasteiger partial charge >= 0.3 is 5.97 Å². The maximum atomic E-state index is 12.6. The van der Waals surface area contributed by atoms with Crippen molar-refractivity contribution < 1.29 is 19.1 Å². The number of amides is 2. The molecule has 1 aromatic carbocycles. The number of hydrogen-bond donors (Lipinski definition) is 2. The minimum atomic E-state index is -0.444. The van der Waals surface area contributed by atoms with E-state index in [4.69, 9.17) is 4.74 Å². The molecule has 0 aromatic heterocycles. The van der Waals surface area contributed by atoms with E-state index in [1.54, 1.807) is 31.2 Å². The van der Waals surface area contributed by atoms with Crippen LogP contribution in [0.15, 0.2) is 24.3 Å². The third-order valence-corrected chi connectivity index (χ3v) is 4.98. The molecule has 2 rings (SSSR count). The topological polar surface area (TPSA) is 84.5 Å². The van der Waals surface area contributed by atoms with Crippen molar-refractivity contribution in [2.24, 2.45) is 11.8 Å². The highest BCUT2D eigenvalue weighted by Crippen LogP contribution is 2.30. The van der Waals surface area contributed by atoms with Gasteiger partial charge in [-0.2, -0.15) is 0 Å². The smallest absolute Gasteiger partial charge is 0.340 e. The van der Waals surface area contributed by atoms with Gasteiger partial charge in [-0.15, -0.1) is 0 Å². The average molecular weight is 374 g/mol. The Balaban J connectivity index is 1.88. The van der Waals surface area contributed by atoms with Crippen LogP contribution in [0.4, 0.5) is 5.69 Å². The molecule has 0 unspecified atom stereocenters. The van der Waals surface area contributed by atoms with E-state index in [1.807, 2.05) is 0 Å². The highest BCUT2D eigenvalue weighted by atomic mass is 16.5. The third kappa shape index (κ3) is 6.08. The van der Waals surface area contributed by atoms with Gasteiger partial charge in [0.05, 0.1) is 17.9 Å². The molecule has 148 valence electrons. The molecule has 2 amide bonds. The minimum Gasteiger partial charge on any atom is -0.462 e. The van der Waals surface area contributed by atoms with Gasteiger partial charge in [0, 0.05) is 18.4 Å². The molecular formula is C21H30N2O4.